The normalized spacial score (nSPS) is 14.4. The van der Waals surface area contributed by atoms with Crippen molar-refractivity contribution in [2.75, 3.05) is 20.3 Å². The number of ether oxygens (including phenoxy) is 1. The lowest BCUT2D eigenvalue weighted by atomic mass is 10.0. The highest BCUT2D eigenvalue weighted by Gasteiger charge is 2.11. The molecule has 0 saturated carbocycles. The van der Waals surface area contributed by atoms with E-state index in [0.29, 0.717) is 25.3 Å². The lowest BCUT2D eigenvalue weighted by Crippen LogP contribution is -2.25. The fourth-order valence-electron chi connectivity index (χ4n) is 1.87. The van der Waals surface area contributed by atoms with Crippen LogP contribution in [0.25, 0.3) is 0 Å². The molecule has 2 unspecified atom stereocenters. The summed E-state index contributed by atoms with van der Waals surface area (Å²) >= 11 is 0. The molecule has 4 heteroatoms. The summed E-state index contributed by atoms with van der Waals surface area (Å²) in [6.45, 7) is 5.03. The van der Waals surface area contributed by atoms with Crippen LogP contribution in [0.15, 0.2) is 18.2 Å². The molecule has 0 aliphatic heterocycles. The highest BCUT2D eigenvalue weighted by molar-refractivity contribution is 5.37. The molecule has 3 N–H and O–H groups in total. The second-order valence-corrected chi connectivity index (χ2v) is 4.64. The highest BCUT2D eigenvalue weighted by Crippen LogP contribution is 2.24. The van der Waals surface area contributed by atoms with Gasteiger partial charge in [0.1, 0.15) is 5.75 Å². The fourth-order valence-corrected chi connectivity index (χ4v) is 1.87. The summed E-state index contributed by atoms with van der Waals surface area (Å²) in [7, 11) is 1.57. The standard InChI is InChI=1S/C14H23NO3/c1-10-4-5-14(17)13(8-10)11(2)15-7-6-12(16)9-18-3/h4-5,8,11-12,15-17H,6-7,9H2,1-3H3. The first kappa shape index (κ1) is 15.0. The fraction of sp³-hybridized carbons (Fsp3) is 0.571. The van der Waals surface area contributed by atoms with Crippen LogP contribution < -0.4 is 5.32 Å². The summed E-state index contributed by atoms with van der Waals surface area (Å²) in [6, 6.07) is 5.62. The molecular formula is C14H23NO3. The maximum Gasteiger partial charge on any atom is 0.120 e. The number of nitrogens with one attached hydrogen (secondary N) is 1. The minimum absolute atomic E-state index is 0.0552. The van der Waals surface area contributed by atoms with Crippen molar-refractivity contribution in [3.05, 3.63) is 29.3 Å². The zero-order chi connectivity index (χ0) is 13.5. The summed E-state index contributed by atoms with van der Waals surface area (Å²) in [5, 5.41) is 22.6. The van der Waals surface area contributed by atoms with Gasteiger partial charge in [0.2, 0.25) is 0 Å². The summed E-state index contributed by atoms with van der Waals surface area (Å²) < 4.78 is 4.86. The molecule has 0 radical (unpaired) electrons. The first-order valence-corrected chi connectivity index (χ1v) is 6.24. The van der Waals surface area contributed by atoms with Gasteiger partial charge >= 0.3 is 0 Å². The zero-order valence-corrected chi connectivity index (χ0v) is 11.3. The Morgan fingerprint density at radius 1 is 1.39 bits per heavy atom. The van der Waals surface area contributed by atoms with Gasteiger partial charge in [-0.1, -0.05) is 17.7 Å². The van der Waals surface area contributed by atoms with Gasteiger partial charge in [0.25, 0.3) is 0 Å². The van der Waals surface area contributed by atoms with Crippen molar-refractivity contribution >= 4 is 0 Å². The third kappa shape index (κ3) is 4.64. The lowest BCUT2D eigenvalue weighted by molar-refractivity contribution is 0.0590. The van der Waals surface area contributed by atoms with E-state index in [-0.39, 0.29) is 6.04 Å². The van der Waals surface area contributed by atoms with Crippen molar-refractivity contribution in [2.24, 2.45) is 0 Å². The summed E-state index contributed by atoms with van der Waals surface area (Å²) in [6.07, 6.45) is 0.186. The molecule has 0 aliphatic carbocycles. The van der Waals surface area contributed by atoms with Crippen LogP contribution in [-0.2, 0) is 4.74 Å². The minimum atomic E-state index is -0.444. The number of aliphatic hydroxyl groups excluding tert-OH is 1. The van der Waals surface area contributed by atoms with E-state index < -0.39 is 6.10 Å². The van der Waals surface area contributed by atoms with Gasteiger partial charge in [-0.3, -0.25) is 0 Å². The van der Waals surface area contributed by atoms with Crippen LogP contribution in [0.1, 0.15) is 30.5 Å². The molecule has 0 amide bonds. The van der Waals surface area contributed by atoms with Gasteiger partial charge in [0.15, 0.2) is 0 Å². The predicted molar refractivity (Wildman–Crippen MR) is 71.8 cm³/mol. The van der Waals surface area contributed by atoms with E-state index >= 15 is 0 Å². The number of hydrogen-bond donors (Lipinski definition) is 3. The van der Waals surface area contributed by atoms with Gasteiger partial charge in [0, 0.05) is 18.7 Å². The van der Waals surface area contributed by atoms with Crippen molar-refractivity contribution < 1.29 is 14.9 Å². The monoisotopic (exact) mass is 253 g/mol. The quantitative estimate of drug-likeness (QED) is 0.693. The smallest absolute Gasteiger partial charge is 0.120 e. The van der Waals surface area contributed by atoms with E-state index in [1.807, 2.05) is 26.0 Å². The number of hydrogen-bond acceptors (Lipinski definition) is 4. The van der Waals surface area contributed by atoms with Crippen LogP contribution in [-0.4, -0.2) is 36.6 Å². The number of phenols is 1. The van der Waals surface area contributed by atoms with Gasteiger partial charge in [-0.15, -0.1) is 0 Å². The van der Waals surface area contributed by atoms with E-state index in [0.717, 1.165) is 11.1 Å². The van der Waals surface area contributed by atoms with Crippen molar-refractivity contribution in [1.82, 2.24) is 5.32 Å². The minimum Gasteiger partial charge on any atom is -0.508 e. The van der Waals surface area contributed by atoms with Crippen LogP contribution in [0, 0.1) is 6.92 Å². The van der Waals surface area contributed by atoms with E-state index in [9.17, 15) is 10.2 Å². The Morgan fingerprint density at radius 3 is 2.78 bits per heavy atom. The van der Waals surface area contributed by atoms with Gasteiger partial charge in [-0.25, -0.2) is 0 Å². The third-order valence-corrected chi connectivity index (χ3v) is 2.94. The molecule has 102 valence electrons. The van der Waals surface area contributed by atoms with E-state index in [2.05, 4.69) is 5.32 Å². The largest absolute Gasteiger partial charge is 0.508 e. The Balaban J connectivity index is 2.45. The molecule has 1 aromatic rings. The van der Waals surface area contributed by atoms with Crippen LogP contribution >= 0.6 is 0 Å². The Labute approximate surface area is 109 Å². The van der Waals surface area contributed by atoms with Gasteiger partial charge in [0.05, 0.1) is 12.7 Å². The van der Waals surface area contributed by atoms with E-state index in [1.54, 1.807) is 13.2 Å². The van der Waals surface area contributed by atoms with Crippen LogP contribution in [0.5, 0.6) is 5.75 Å². The Hall–Kier alpha value is -1.10. The second kappa shape index (κ2) is 7.36. The topological polar surface area (TPSA) is 61.7 Å². The number of aryl methyl sites for hydroxylation is 1. The molecule has 2 atom stereocenters. The van der Waals surface area contributed by atoms with Crippen molar-refractivity contribution in [3.8, 4) is 5.75 Å². The number of aliphatic hydroxyl groups is 1. The molecule has 4 nitrogen and oxygen atoms in total. The summed E-state index contributed by atoms with van der Waals surface area (Å²) in [4.78, 5) is 0. The van der Waals surface area contributed by atoms with Gasteiger partial charge < -0.3 is 20.3 Å². The van der Waals surface area contributed by atoms with Crippen LogP contribution in [0.3, 0.4) is 0 Å². The molecule has 0 spiro atoms. The third-order valence-electron chi connectivity index (χ3n) is 2.94. The van der Waals surface area contributed by atoms with Gasteiger partial charge in [-0.05, 0) is 32.9 Å². The van der Waals surface area contributed by atoms with Crippen molar-refractivity contribution in [3.63, 3.8) is 0 Å². The lowest BCUT2D eigenvalue weighted by Gasteiger charge is -2.17. The molecule has 18 heavy (non-hydrogen) atoms. The predicted octanol–water partition coefficient (Wildman–Crippen LogP) is 1.75. The number of rotatable bonds is 7. The molecule has 0 fully saturated rings. The number of benzene rings is 1. The first-order chi connectivity index (χ1) is 8.54. The number of phenolic OH excluding ortho intramolecular Hbond substituents is 1. The highest BCUT2D eigenvalue weighted by atomic mass is 16.5. The molecule has 0 heterocycles. The van der Waals surface area contributed by atoms with Crippen molar-refractivity contribution in [2.45, 2.75) is 32.4 Å². The van der Waals surface area contributed by atoms with Crippen LogP contribution in [0.2, 0.25) is 0 Å². The SMILES string of the molecule is COCC(O)CCNC(C)c1cc(C)ccc1O. The molecule has 0 saturated heterocycles. The maximum absolute atomic E-state index is 9.79. The summed E-state index contributed by atoms with van der Waals surface area (Å²) in [5.41, 5.74) is 2.01. The maximum atomic E-state index is 9.79. The summed E-state index contributed by atoms with van der Waals surface area (Å²) in [5.74, 6) is 0.304. The average Bonchev–Trinajstić information content (AvgIpc) is 2.32. The Morgan fingerprint density at radius 2 is 2.11 bits per heavy atom. The van der Waals surface area contributed by atoms with Crippen molar-refractivity contribution in [1.29, 1.82) is 0 Å². The number of aromatic hydroxyl groups is 1. The zero-order valence-electron chi connectivity index (χ0n) is 11.3. The molecule has 0 aromatic heterocycles. The molecule has 1 aromatic carbocycles. The average molecular weight is 253 g/mol. The van der Waals surface area contributed by atoms with E-state index in [1.165, 1.54) is 0 Å². The Kier molecular flexibility index (Phi) is 6.12. The first-order valence-electron chi connectivity index (χ1n) is 6.24. The number of methoxy groups -OCH3 is 1. The second-order valence-electron chi connectivity index (χ2n) is 4.64. The van der Waals surface area contributed by atoms with Gasteiger partial charge in [-0.2, -0.15) is 0 Å². The molecule has 0 bridgehead atoms. The Bertz CT molecular complexity index is 368. The molecule has 0 aliphatic rings. The molecule has 1 rings (SSSR count). The molecular weight excluding hydrogens is 230 g/mol. The van der Waals surface area contributed by atoms with E-state index in [4.69, 9.17) is 4.74 Å². The van der Waals surface area contributed by atoms with Crippen LogP contribution in [0.4, 0.5) is 0 Å².